The molecule has 1 heterocycles. The van der Waals surface area contributed by atoms with E-state index in [2.05, 4.69) is 5.32 Å². The number of rotatable bonds is 4. The zero-order valence-electron chi connectivity index (χ0n) is 13.1. The van der Waals surface area contributed by atoms with E-state index < -0.39 is 17.9 Å². The highest BCUT2D eigenvalue weighted by molar-refractivity contribution is 6.35. The van der Waals surface area contributed by atoms with Gasteiger partial charge in [-0.2, -0.15) is 0 Å². The van der Waals surface area contributed by atoms with Gasteiger partial charge in [0.2, 0.25) is 5.91 Å². The minimum Gasteiger partial charge on any atom is -0.481 e. The molecular weight excluding hydrogens is 339 g/mol. The van der Waals surface area contributed by atoms with Gasteiger partial charge in [0, 0.05) is 18.1 Å². The minimum atomic E-state index is -0.813. The molecular formula is C16H20Cl2N2O3. The molecule has 0 spiro atoms. The maximum absolute atomic E-state index is 12.5. The molecule has 1 aromatic carbocycles. The molecule has 1 aliphatic rings. The summed E-state index contributed by atoms with van der Waals surface area (Å²) in [6, 6.07) is 4.41. The normalized spacial score (nSPS) is 23.3. The van der Waals surface area contributed by atoms with Crippen LogP contribution < -0.4 is 5.32 Å². The fourth-order valence-corrected chi connectivity index (χ4v) is 3.22. The predicted molar refractivity (Wildman–Crippen MR) is 91.0 cm³/mol. The van der Waals surface area contributed by atoms with Crippen LogP contribution in [-0.4, -0.2) is 41.0 Å². The summed E-state index contributed by atoms with van der Waals surface area (Å²) < 4.78 is 0. The van der Waals surface area contributed by atoms with E-state index in [-0.39, 0.29) is 11.8 Å². The molecule has 3 atom stereocenters. The Morgan fingerprint density at radius 2 is 2.04 bits per heavy atom. The van der Waals surface area contributed by atoms with Crippen molar-refractivity contribution in [2.24, 2.45) is 11.8 Å². The molecule has 0 saturated carbocycles. The van der Waals surface area contributed by atoms with Crippen LogP contribution in [0.3, 0.4) is 0 Å². The predicted octanol–water partition coefficient (Wildman–Crippen LogP) is 3.36. The van der Waals surface area contributed by atoms with Gasteiger partial charge in [-0.25, -0.2) is 0 Å². The minimum absolute atomic E-state index is 0.229. The van der Waals surface area contributed by atoms with E-state index in [0.29, 0.717) is 35.2 Å². The number of carbonyl (C=O) groups excluding carboxylic acids is 1. The second-order valence-electron chi connectivity index (χ2n) is 6.12. The molecule has 0 aromatic heterocycles. The number of carboxylic acids is 1. The SMILES string of the molecule is CC1CC(C(=O)O)CN(C(C)C(=O)Nc2cc(Cl)ccc2Cl)C1. The molecule has 2 N–H and O–H groups in total. The van der Waals surface area contributed by atoms with Crippen molar-refractivity contribution >= 4 is 40.8 Å². The molecule has 5 nitrogen and oxygen atoms in total. The highest BCUT2D eigenvalue weighted by atomic mass is 35.5. The van der Waals surface area contributed by atoms with Crippen molar-refractivity contribution in [2.75, 3.05) is 18.4 Å². The number of nitrogens with zero attached hydrogens (tertiary/aromatic N) is 1. The summed E-state index contributed by atoms with van der Waals surface area (Å²) in [6.45, 7) is 4.84. The topological polar surface area (TPSA) is 69.6 Å². The molecule has 1 aromatic rings. The van der Waals surface area contributed by atoms with Crippen molar-refractivity contribution in [1.82, 2.24) is 4.90 Å². The summed E-state index contributed by atoms with van der Waals surface area (Å²) in [5.74, 6) is -1.25. The number of hydrogen-bond donors (Lipinski definition) is 2. The van der Waals surface area contributed by atoms with E-state index >= 15 is 0 Å². The summed E-state index contributed by atoms with van der Waals surface area (Å²) in [5.41, 5.74) is 0.454. The standard InChI is InChI=1S/C16H20Cl2N2O3/c1-9-5-11(16(22)23)8-20(7-9)10(2)15(21)19-14-6-12(17)3-4-13(14)18/h3-4,6,9-11H,5,7-8H2,1-2H3,(H,19,21)(H,22,23). The van der Waals surface area contributed by atoms with Gasteiger partial charge < -0.3 is 10.4 Å². The van der Waals surface area contributed by atoms with Crippen LogP contribution in [0.2, 0.25) is 10.0 Å². The van der Waals surface area contributed by atoms with Gasteiger partial charge in [-0.15, -0.1) is 0 Å². The Hall–Kier alpha value is -1.30. The van der Waals surface area contributed by atoms with Gasteiger partial charge in [-0.3, -0.25) is 14.5 Å². The first-order chi connectivity index (χ1) is 10.8. The number of amides is 1. The molecule has 2 rings (SSSR count). The van der Waals surface area contributed by atoms with Crippen LogP contribution in [0.1, 0.15) is 20.3 Å². The van der Waals surface area contributed by atoms with Crippen LogP contribution in [0.15, 0.2) is 18.2 Å². The van der Waals surface area contributed by atoms with Crippen LogP contribution in [0.25, 0.3) is 0 Å². The largest absolute Gasteiger partial charge is 0.481 e. The third-order valence-electron chi connectivity index (χ3n) is 4.15. The number of halogens is 2. The first-order valence-corrected chi connectivity index (χ1v) is 8.26. The van der Waals surface area contributed by atoms with Crippen LogP contribution >= 0.6 is 23.2 Å². The third kappa shape index (κ3) is 4.59. The second kappa shape index (κ2) is 7.51. The van der Waals surface area contributed by atoms with Gasteiger partial charge in [-0.05, 0) is 37.5 Å². The number of likely N-dealkylation sites (tertiary alicyclic amines) is 1. The highest BCUT2D eigenvalue weighted by Crippen LogP contribution is 2.27. The fourth-order valence-electron chi connectivity index (χ4n) is 2.88. The Balaban J connectivity index is 2.06. The number of aliphatic carboxylic acids is 1. The van der Waals surface area contributed by atoms with Gasteiger partial charge in [0.15, 0.2) is 0 Å². The van der Waals surface area contributed by atoms with Crippen LogP contribution in [0.4, 0.5) is 5.69 Å². The lowest BCUT2D eigenvalue weighted by Gasteiger charge is -2.37. The average molecular weight is 359 g/mol. The highest BCUT2D eigenvalue weighted by Gasteiger charge is 2.33. The van der Waals surface area contributed by atoms with Gasteiger partial charge >= 0.3 is 5.97 Å². The Morgan fingerprint density at radius 1 is 1.35 bits per heavy atom. The van der Waals surface area contributed by atoms with Crippen molar-refractivity contribution < 1.29 is 14.7 Å². The van der Waals surface area contributed by atoms with E-state index in [0.717, 1.165) is 0 Å². The van der Waals surface area contributed by atoms with Crippen molar-refractivity contribution in [3.8, 4) is 0 Å². The monoisotopic (exact) mass is 358 g/mol. The molecule has 1 amide bonds. The van der Waals surface area contributed by atoms with E-state index in [9.17, 15) is 14.7 Å². The average Bonchev–Trinajstić information content (AvgIpc) is 2.49. The van der Waals surface area contributed by atoms with Gasteiger partial charge in [0.05, 0.1) is 22.7 Å². The number of nitrogens with one attached hydrogen (secondary N) is 1. The van der Waals surface area contributed by atoms with E-state index in [4.69, 9.17) is 23.2 Å². The number of benzene rings is 1. The molecule has 3 unspecified atom stereocenters. The summed E-state index contributed by atoms with van der Waals surface area (Å²) in [4.78, 5) is 25.6. The van der Waals surface area contributed by atoms with Crippen molar-refractivity contribution in [2.45, 2.75) is 26.3 Å². The fraction of sp³-hybridized carbons (Fsp3) is 0.500. The Morgan fingerprint density at radius 3 is 2.70 bits per heavy atom. The van der Waals surface area contributed by atoms with Gasteiger partial charge in [-0.1, -0.05) is 30.1 Å². The van der Waals surface area contributed by atoms with Gasteiger partial charge in [0.25, 0.3) is 0 Å². The molecule has 0 bridgehead atoms. The molecule has 23 heavy (non-hydrogen) atoms. The van der Waals surface area contributed by atoms with Crippen molar-refractivity contribution in [3.63, 3.8) is 0 Å². The van der Waals surface area contributed by atoms with Crippen molar-refractivity contribution in [3.05, 3.63) is 28.2 Å². The third-order valence-corrected chi connectivity index (χ3v) is 4.72. The quantitative estimate of drug-likeness (QED) is 0.865. The lowest BCUT2D eigenvalue weighted by Crippen LogP contribution is -2.50. The Bertz CT molecular complexity index is 609. The maximum Gasteiger partial charge on any atom is 0.307 e. The lowest BCUT2D eigenvalue weighted by atomic mass is 9.89. The molecule has 0 radical (unpaired) electrons. The van der Waals surface area contributed by atoms with Gasteiger partial charge in [0.1, 0.15) is 0 Å². The summed E-state index contributed by atoms with van der Waals surface area (Å²) in [6.07, 6.45) is 0.639. The van der Waals surface area contributed by atoms with Crippen molar-refractivity contribution in [1.29, 1.82) is 0 Å². The second-order valence-corrected chi connectivity index (χ2v) is 6.96. The molecule has 7 heteroatoms. The Labute approximate surface area is 145 Å². The lowest BCUT2D eigenvalue weighted by molar-refractivity contribution is -0.145. The molecule has 1 saturated heterocycles. The summed E-state index contributed by atoms with van der Waals surface area (Å²) >= 11 is 12.0. The first kappa shape index (κ1) is 18.0. The molecule has 0 aliphatic carbocycles. The maximum atomic E-state index is 12.5. The van der Waals surface area contributed by atoms with Crippen LogP contribution in [0, 0.1) is 11.8 Å². The zero-order chi connectivity index (χ0) is 17.1. The molecule has 1 fully saturated rings. The zero-order valence-corrected chi connectivity index (χ0v) is 14.6. The van der Waals surface area contributed by atoms with E-state index in [1.165, 1.54) is 0 Å². The number of anilines is 1. The summed E-state index contributed by atoms with van der Waals surface area (Å²) in [5, 5.41) is 12.9. The molecule has 1 aliphatic heterocycles. The number of hydrogen-bond acceptors (Lipinski definition) is 3. The smallest absolute Gasteiger partial charge is 0.307 e. The summed E-state index contributed by atoms with van der Waals surface area (Å²) in [7, 11) is 0. The number of piperidine rings is 1. The number of carbonyl (C=O) groups is 2. The van der Waals surface area contributed by atoms with E-state index in [1.54, 1.807) is 25.1 Å². The van der Waals surface area contributed by atoms with E-state index in [1.807, 2.05) is 11.8 Å². The Kier molecular flexibility index (Phi) is 5.89. The van der Waals surface area contributed by atoms with Crippen LogP contribution in [0.5, 0.6) is 0 Å². The van der Waals surface area contributed by atoms with Crippen LogP contribution in [-0.2, 0) is 9.59 Å². The number of carboxylic acid groups (broad SMARTS) is 1. The first-order valence-electron chi connectivity index (χ1n) is 7.50. The molecule has 126 valence electrons.